The van der Waals surface area contributed by atoms with Gasteiger partial charge in [0.2, 0.25) is 0 Å². The Kier molecular flexibility index (Phi) is 4.70. The van der Waals surface area contributed by atoms with Crippen LogP contribution in [0.3, 0.4) is 0 Å². The molecule has 6 nitrogen and oxygen atoms in total. The van der Waals surface area contributed by atoms with Crippen LogP contribution < -0.4 is 5.32 Å². The van der Waals surface area contributed by atoms with Gasteiger partial charge < -0.3 is 10.2 Å². The molecule has 2 fully saturated rings. The van der Waals surface area contributed by atoms with Crippen molar-refractivity contribution in [1.82, 2.24) is 19.6 Å². The minimum atomic E-state index is 0.00890. The number of amides is 2. The SMILES string of the molecule is O=C(Nc1ccccc1Cn1cccn1)N1CC[C@H](N2CCCC2)C1. The van der Waals surface area contributed by atoms with E-state index in [2.05, 4.69) is 15.3 Å². The number of aromatic nitrogens is 2. The van der Waals surface area contributed by atoms with E-state index in [0.717, 1.165) is 30.8 Å². The summed E-state index contributed by atoms with van der Waals surface area (Å²) in [6.45, 7) is 4.71. The Balaban J connectivity index is 1.39. The maximum atomic E-state index is 12.7. The molecule has 1 aromatic heterocycles. The van der Waals surface area contributed by atoms with E-state index in [1.165, 1.54) is 25.9 Å². The molecule has 0 saturated carbocycles. The van der Waals surface area contributed by atoms with Crippen LogP contribution >= 0.6 is 0 Å². The number of rotatable bonds is 4. The zero-order valence-electron chi connectivity index (χ0n) is 14.5. The molecule has 2 aliphatic rings. The fourth-order valence-corrected chi connectivity index (χ4v) is 3.87. The molecular weight excluding hydrogens is 314 g/mol. The first kappa shape index (κ1) is 16.1. The molecule has 25 heavy (non-hydrogen) atoms. The van der Waals surface area contributed by atoms with Gasteiger partial charge in [0, 0.05) is 37.2 Å². The summed E-state index contributed by atoms with van der Waals surface area (Å²) < 4.78 is 1.87. The number of para-hydroxylation sites is 1. The number of carbonyl (C=O) groups is 1. The fourth-order valence-electron chi connectivity index (χ4n) is 3.87. The van der Waals surface area contributed by atoms with Crippen molar-refractivity contribution < 1.29 is 4.79 Å². The number of nitrogens with zero attached hydrogens (tertiary/aromatic N) is 4. The average Bonchev–Trinajstić information content (AvgIpc) is 3.38. The normalized spacial score (nSPS) is 21.0. The smallest absolute Gasteiger partial charge is 0.321 e. The monoisotopic (exact) mass is 339 g/mol. The van der Waals surface area contributed by atoms with Crippen molar-refractivity contribution in [2.45, 2.75) is 31.8 Å². The summed E-state index contributed by atoms with van der Waals surface area (Å²) in [5, 5.41) is 7.35. The second-order valence-corrected chi connectivity index (χ2v) is 6.92. The molecule has 2 amide bonds. The van der Waals surface area contributed by atoms with Crippen LogP contribution in [0.1, 0.15) is 24.8 Å². The summed E-state index contributed by atoms with van der Waals surface area (Å²) in [5.41, 5.74) is 1.93. The Morgan fingerprint density at radius 1 is 1.16 bits per heavy atom. The number of likely N-dealkylation sites (tertiary alicyclic amines) is 2. The van der Waals surface area contributed by atoms with Crippen LogP contribution in [0.15, 0.2) is 42.7 Å². The highest BCUT2D eigenvalue weighted by molar-refractivity contribution is 5.90. The summed E-state index contributed by atoms with van der Waals surface area (Å²) in [5.74, 6) is 0. The molecule has 3 heterocycles. The molecule has 1 N–H and O–H groups in total. The third-order valence-electron chi connectivity index (χ3n) is 5.26. The van der Waals surface area contributed by atoms with Gasteiger partial charge in [-0.15, -0.1) is 0 Å². The molecule has 2 aliphatic heterocycles. The number of nitrogens with one attached hydrogen (secondary N) is 1. The third-order valence-corrected chi connectivity index (χ3v) is 5.26. The van der Waals surface area contributed by atoms with Gasteiger partial charge in [-0.2, -0.15) is 5.10 Å². The molecule has 6 heteroatoms. The minimum Gasteiger partial charge on any atom is -0.323 e. The third kappa shape index (κ3) is 3.69. The Labute approximate surface area is 148 Å². The lowest BCUT2D eigenvalue weighted by molar-refractivity contribution is 0.210. The van der Waals surface area contributed by atoms with E-state index < -0.39 is 0 Å². The number of urea groups is 1. The molecule has 1 atom stereocenters. The standard InChI is InChI=1S/C19H25N5O/c25-19(23-13-8-17(15-23)22-10-3-4-11-22)21-18-7-2-1-6-16(18)14-24-12-5-9-20-24/h1-2,5-7,9,12,17H,3-4,8,10-11,13-15H2,(H,21,25)/t17-/m0/s1. The average molecular weight is 339 g/mol. The first-order valence-electron chi connectivity index (χ1n) is 9.15. The quantitative estimate of drug-likeness (QED) is 0.932. The molecule has 0 bridgehead atoms. The summed E-state index contributed by atoms with van der Waals surface area (Å²) >= 11 is 0. The van der Waals surface area contributed by atoms with Gasteiger partial charge in [0.1, 0.15) is 0 Å². The summed E-state index contributed by atoms with van der Waals surface area (Å²) in [4.78, 5) is 17.2. The molecule has 1 aromatic carbocycles. The van der Waals surface area contributed by atoms with Crippen molar-refractivity contribution >= 4 is 11.7 Å². The van der Waals surface area contributed by atoms with Crippen LogP contribution in [0.2, 0.25) is 0 Å². The van der Waals surface area contributed by atoms with Crippen LogP contribution in [-0.4, -0.2) is 57.8 Å². The predicted molar refractivity (Wildman–Crippen MR) is 97.6 cm³/mol. The van der Waals surface area contributed by atoms with E-state index in [9.17, 15) is 4.79 Å². The number of anilines is 1. The van der Waals surface area contributed by atoms with Crippen LogP contribution in [0.25, 0.3) is 0 Å². The maximum absolute atomic E-state index is 12.7. The van der Waals surface area contributed by atoms with Crippen LogP contribution in [-0.2, 0) is 6.54 Å². The van der Waals surface area contributed by atoms with E-state index in [1.807, 2.05) is 46.1 Å². The van der Waals surface area contributed by atoms with Crippen LogP contribution in [0, 0.1) is 0 Å². The summed E-state index contributed by atoms with van der Waals surface area (Å²) in [6, 6.07) is 10.4. The predicted octanol–water partition coefficient (Wildman–Crippen LogP) is 2.63. The first-order chi connectivity index (χ1) is 12.3. The van der Waals surface area contributed by atoms with Gasteiger partial charge in [-0.25, -0.2) is 4.79 Å². The van der Waals surface area contributed by atoms with E-state index in [1.54, 1.807) is 6.20 Å². The number of carbonyl (C=O) groups excluding carboxylic acids is 1. The highest BCUT2D eigenvalue weighted by Crippen LogP contribution is 2.22. The van der Waals surface area contributed by atoms with E-state index in [-0.39, 0.29) is 6.03 Å². The van der Waals surface area contributed by atoms with E-state index in [0.29, 0.717) is 12.6 Å². The van der Waals surface area contributed by atoms with Crippen molar-refractivity contribution in [2.75, 3.05) is 31.5 Å². The lowest BCUT2D eigenvalue weighted by Crippen LogP contribution is -2.38. The van der Waals surface area contributed by atoms with Crippen molar-refractivity contribution in [3.63, 3.8) is 0 Å². The molecular formula is C19H25N5O. The molecule has 0 aliphatic carbocycles. The molecule has 0 spiro atoms. The lowest BCUT2D eigenvalue weighted by Gasteiger charge is -2.24. The van der Waals surface area contributed by atoms with Gasteiger partial charge in [-0.05, 0) is 50.0 Å². The second-order valence-electron chi connectivity index (χ2n) is 6.92. The van der Waals surface area contributed by atoms with Crippen molar-refractivity contribution in [2.24, 2.45) is 0 Å². The molecule has 0 unspecified atom stereocenters. The van der Waals surface area contributed by atoms with Crippen LogP contribution in [0.4, 0.5) is 10.5 Å². The van der Waals surface area contributed by atoms with Gasteiger partial charge >= 0.3 is 6.03 Å². The topological polar surface area (TPSA) is 53.4 Å². The molecule has 0 radical (unpaired) electrons. The van der Waals surface area contributed by atoms with Gasteiger partial charge in [0.15, 0.2) is 0 Å². The molecule has 4 rings (SSSR count). The molecule has 132 valence electrons. The van der Waals surface area contributed by atoms with Crippen molar-refractivity contribution in [3.8, 4) is 0 Å². The van der Waals surface area contributed by atoms with Crippen molar-refractivity contribution in [3.05, 3.63) is 48.3 Å². The van der Waals surface area contributed by atoms with Gasteiger partial charge in [0.05, 0.1) is 6.54 Å². The Hall–Kier alpha value is -2.34. The largest absolute Gasteiger partial charge is 0.323 e. The number of hydrogen-bond donors (Lipinski definition) is 1. The van der Waals surface area contributed by atoms with Crippen molar-refractivity contribution in [1.29, 1.82) is 0 Å². The molecule has 2 aromatic rings. The zero-order chi connectivity index (χ0) is 17.1. The number of benzene rings is 1. The van der Waals surface area contributed by atoms with E-state index >= 15 is 0 Å². The first-order valence-corrected chi connectivity index (χ1v) is 9.15. The summed E-state index contributed by atoms with van der Waals surface area (Å²) in [6.07, 6.45) is 7.37. The summed E-state index contributed by atoms with van der Waals surface area (Å²) in [7, 11) is 0. The van der Waals surface area contributed by atoms with Crippen LogP contribution in [0.5, 0.6) is 0 Å². The Morgan fingerprint density at radius 3 is 2.80 bits per heavy atom. The highest BCUT2D eigenvalue weighted by Gasteiger charge is 2.31. The maximum Gasteiger partial charge on any atom is 0.321 e. The van der Waals surface area contributed by atoms with Gasteiger partial charge in [-0.1, -0.05) is 18.2 Å². The Morgan fingerprint density at radius 2 is 2.00 bits per heavy atom. The zero-order valence-corrected chi connectivity index (χ0v) is 14.5. The minimum absolute atomic E-state index is 0.00890. The highest BCUT2D eigenvalue weighted by atomic mass is 16.2. The Bertz CT molecular complexity index is 708. The lowest BCUT2D eigenvalue weighted by atomic mass is 10.2. The van der Waals surface area contributed by atoms with E-state index in [4.69, 9.17) is 0 Å². The molecule has 2 saturated heterocycles. The van der Waals surface area contributed by atoms with Gasteiger partial charge in [-0.3, -0.25) is 9.58 Å². The second kappa shape index (κ2) is 7.27. The number of hydrogen-bond acceptors (Lipinski definition) is 3. The fraction of sp³-hybridized carbons (Fsp3) is 0.474. The van der Waals surface area contributed by atoms with Gasteiger partial charge in [0.25, 0.3) is 0 Å².